The number of carboxylic acids is 1. The minimum Gasteiger partial charge on any atom is -0.478 e. The van der Waals surface area contributed by atoms with E-state index in [0.717, 1.165) is 11.1 Å². The topological polar surface area (TPSA) is 70.9 Å². The van der Waals surface area contributed by atoms with Crippen LogP contribution in [0.1, 0.15) is 74.2 Å². The molecule has 0 fully saturated rings. The number of fused-ring (bicyclic) bond motifs is 4. The highest BCUT2D eigenvalue weighted by molar-refractivity contribution is 6.00. The van der Waals surface area contributed by atoms with E-state index in [-0.39, 0.29) is 27.9 Å². The molecule has 41 heavy (non-hydrogen) atoms. The molecular weight excluding hydrogens is 536 g/mol. The number of carboxylic acid groups (broad SMARTS) is 1. The first-order valence-electron chi connectivity index (χ1n) is 13.0. The van der Waals surface area contributed by atoms with E-state index in [9.17, 15) is 18.7 Å². The summed E-state index contributed by atoms with van der Waals surface area (Å²) in [5, 5.41) is 14.1. The number of allylic oxidation sites excluding steroid dienone is 2. The van der Waals surface area contributed by atoms with E-state index in [2.05, 4.69) is 5.32 Å². The van der Waals surface area contributed by atoms with E-state index in [1.807, 2.05) is 53.7 Å². The van der Waals surface area contributed by atoms with Crippen molar-refractivity contribution in [3.8, 4) is 11.5 Å². The van der Waals surface area contributed by atoms with Gasteiger partial charge in [-0.05, 0) is 64.8 Å². The van der Waals surface area contributed by atoms with Gasteiger partial charge in [0.25, 0.3) is 0 Å². The number of aromatic carboxylic acids is 1. The highest BCUT2D eigenvalue weighted by atomic mass is 19.2. The third kappa shape index (κ3) is 4.05. The number of carbonyl (C=O) groups is 1. The monoisotopic (exact) mass is 562 g/mol. The van der Waals surface area contributed by atoms with Crippen molar-refractivity contribution in [2.24, 2.45) is 4.99 Å². The number of rotatable bonds is 2. The molecule has 5 nitrogen and oxygen atoms in total. The van der Waals surface area contributed by atoms with Crippen LogP contribution in [0.25, 0.3) is 16.7 Å². The number of halogens is 4. The molecule has 3 aliphatic rings. The summed E-state index contributed by atoms with van der Waals surface area (Å²) in [6, 6.07) is 6.63. The molecule has 3 aromatic rings. The van der Waals surface area contributed by atoms with Gasteiger partial charge in [0.2, 0.25) is 0 Å². The zero-order valence-electron chi connectivity index (χ0n) is 23.2. The molecule has 0 atom stereocenters. The lowest BCUT2D eigenvalue weighted by Gasteiger charge is -2.33. The van der Waals surface area contributed by atoms with Crippen LogP contribution in [0.3, 0.4) is 0 Å². The zero-order valence-corrected chi connectivity index (χ0v) is 23.2. The maximum atomic E-state index is 15.7. The summed E-state index contributed by atoms with van der Waals surface area (Å²) >= 11 is 0. The lowest BCUT2D eigenvalue weighted by Crippen LogP contribution is -2.32. The average molecular weight is 563 g/mol. The second kappa shape index (κ2) is 8.55. The first-order chi connectivity index (χ1) is 19.1. The zero-order chi connectivity index (χ0) is 29.8. The van der Waals surface area contributed by atoms with Crippen molar-refractivity contribution in [3.63, 3.8) is 0 Å². The van der Waals surface area contributed by atoms with Gasteiger partial charge in [-0.1, -0.05) is 12.2 Å². The maximum Gasteiger partial charge on any atom is 0.339 e. The van der Waals surface area contributed by atoms with Crippen LogP contribution < -0.4 is 20.6 Å². The smallest absolute Gasteiger partial charge is 0.339 e. The Kier molecular flexibility index (Phi) is 5.59. The summed E-state index contributed by atoms with van der Waals surface area (Å²) < 4.78 is 66.2. The molecular formula is C32H26F4N2O3. The Bertz CT molecular complexity index is 1940. The minimum absolute atomic E-state index is 0.130. The number of nitrogens with one attached hydrogen (secondary N) is 1. The number of hydrogen-bond acceptors (Lipinski definition) is 4. The largest absolute Gasteiger partial charge is 0.478 e. The van der Waals surface area contributed by atoms with E-state index in [1.54, 1.807) is 24.3 Å². The third-order valence-corrected chi connectivity index (χ3v) is 7.57. The van der Waals surface area contributed by atoms with Crippen molar-refractivity contribution < 1.29 is 32.2 Å². The molecule has 6 rings (SSSR count). The van der Waals surface area contributed by atoms with Gasteiger partial charge in [-0.25, -0.2) is 22.4 Å². The van der Waals surface area contributed by atoms with Crippen molar-refractivity contribution in [3.05, 3.63) is 98.1 Å². The third-order valence-electron chi connectivity index (χ3n) is 7.57. The van der Waals surface area contributed by atoms with Gasteiger partial charge in [-0.3, -0.25) is 4.99 Å². The first kappa shape index (κ1) is 26.8. The van der Waals surface area contributed by atoms with Gasteiger partial charge in [0.15, 0.2) is 23.3 Å². The number of anilines is 1. The first-order valence-corrected chi connectivity index (χ1v) is 13.0. The molecule has 0 amide bonds. The van der Waals surface area contributed by atoms with Crippen LogP contribution in [-0.2, 0) is 0 Å². The number of ether oxygens (including phenoxy) is 1. The Balaban J connectivity index is 1.81. The van der Waals surface area contributed by atoms with Crippen molar-refractivity contribution in [1.82, 2.24) is 0 Å². The van der Waals surface area contributed by atoms with Crippen LogP contribution in [0, 0.1) is 23.3 Å². The van der Waals surface area contributed by atoms with Gasteiger partial charge < -0.3 is 15.2 Å². The molecule has 3 aliphatic heterocycles. The van der Waals surface area contributed by atoms with Crippen molar-refractivity contribution in [2.45, 2.75) is 52.6 Å². The van der Waals surface area contributed by atoms with Crippen molar-refractivity contribution >= 4 is 28.4 Å². The number of benzene rings is 3. The molecule has 3 heterocycles. The molecule has 9 heteroatoms. The lowest BCUT2D eigenvalue weighted by atomic mass is 9.84. The minimum atomic E-state index is -2.20. The van der Waals surface area contributed by atoms with Gasteiger partial charge in [-0.2, -0.15) is 0 Å². The fourth-order valence-corrected chi connectivity index (χ4v) is 6.10. The normalized spacial score (nSPS) is 17.5. The van der Waals surface area contributed by atoms with Crippen LogP contribution in [0.2, 0.25) is 0 Å². The van der Waals surface area contributed by atoms with Gasteiger partial charge in [0, 0.05) is 50.9 Å². The van der Waals surface area contributed by atoms with E-state index >= 15 is 8.78 Å². The Morgan fingerprint density at radius 3 is 2.17 bits per heavy atom. The molecule has 0 bridgehead atoms. The number of nitrogens with zero attached hydrogens (tertiary/aromatic N) is 1. The molecule has 0 saturated heterocycles. The fourth-order valence-electron chi connectivity index (χ4n) is 6.10. The molecule has 0 spiro atoms. The highest BCUT2D eigenvalue weighted by Crippen LogP contribution is 2.45. The predicted molar refractivity (Wildman–Crippen MR) is 148 cm³/mol. The van der Waals surface area contributed by atoms with E-state index in [1.165, 1.54) is 0 Å². The van der Waals surface area contributed by atoms with Crippen LogP contribution in [0.4, 0.5) is 23.2 Å². The lowest BCUT2D eigenvalue weighted by molar-refractivity contribution is 0.0689. The molecule has 210 valence electrons. The molecule has 0 unspecified atom stereocenters. The summed E-state index contributed by atoms with van der Waals surface area (Å²) in [4.78, 5) is 17.0. The van der Waals surface area contributed by atoms with Crippen LogP contribution in [0.5, 0.6) is 11.5 Å². The Hall–Kier alpha value is -4.40. The maximum absolute atomic E-state index is 15.7. The quantitative estimate of drug-likeness (QED) is 0.162. The van der Waals surface area contributed by atoms with E-state index < -0.39 is 51.4 Å². The van der Waals surface area contributed by atoms with Gasteiger partial charge in [0.1, 0.15) is 17.1 Å². The molecule has 2 N–H and O–H groups in total. The standard InChI is InChI=1S/C32H26F4N2O3/c1-13-11-31(3,4)37-19-9-21-17(7-15(13)19)23(24-25(30(39)40)27(34)29(36)28(35)26(24)33)18-8-16-14(2)12-32(5,6)38-20(16)10-22(18)41-21/h7-12,37H,1-6H3,(H,39,40). The molecule has 0 aliphatic carbocycles. The van der Waals surface area contributed by atoms with Gasteiger partial charge in [-0.15, -0.1) is 0 Å². The summed E-state index contributed by atoms with van der Waals surface area (Å²) in [6.07, 6.45) is 3.94. The Morgan fingerprint density at radius 2 is 1.49 bits per heavy atom. The molecule has 0 radical (unpaired) electrons. The molecule has 0 aromatic heterocycles. The Labute approximate surface area is 233 Å². The van der Waals surface area contributed by atoms with E-state index in [0.29, 0.717) is 22.2 Å². The van der Waals surface area contributed by atoms with Crippen molar-refractivity contribution in [2.75, 3.05) is 5.32 Å². The predicted octanol–water partition coefficient (Wildman–Crippen LogP) is 6.72. The summed E-state index contributed by atoms with van der Waals surface area (Å²) in [6.45, 7) is 11.6. The van der Waals surface area contributed by atoms with Crippen LogP contribution in [0.15, 0.2) is 41.4 Å². The average Bonchev–Trinajstić information content (AvgIpc) is 2.85. The summed E-state index contributed by atoms with van der Waals surface area (Å²) in [5.41, 5.74) is 0.727. The Morgan fingerprint density at radius 1 is 0.829 bits per heavy atom. The second-order valence-electron chi connectivity index (χ2n) is 11.8. The SMILES string of the molecule is CC1=CC(C)(C)Nc2cc3c(cc21)C(c1c(F)c(F)c(F)c(F)c1C(=O)O)=c1cc2c(cc1O3)=NC(C)(C)C=C2C. The second-order valence-corrected chi connectivity index (χ2v) is 11.8. The van der Waals surface area contributed by atoms with Gasteiger partial charge >= 0.3 is 5.97 Å². The summed E-state index contributed by atoms with van der Waals surface area (Å²) in [5.74, 6) is -9.66. The highest BCUT2D eigenvalue weighted by Gasteiger charge is 2.36. The van der Waals surface area contributed by atoms with Crippen LogP contribution in [-0.4, -0.2) is 22.2 Å². The molecule has 0 saturated carbocycles. The summed E-state index contributed by atoms with van der Waals surface area (Å²) in [7, 11) is 0. The molecule has 3 aromatic carbocycles. The van der Waals surface area contributed by atoms with Crippen LogP contribution >= 0.6 is 0 Å². The van der Waals surface area contributed by atoms with Gasteiger partial charge in [0.05, 0.1) is 16.4 Å². The van der Waals surface area contributed by atoms with Crippen molar-refractivity contribution in [1.29, 1.82) is 0 Å². The fraction of sp³-hybridized carbons (Fsp3) is 0.250. The van der Waals surface area contributed by atoms with E-state index in [4.69, 9.17) is 9.73 Å². The number of hydrogen-bond donors (Lipinski definition) is 2.